The van der Waals surface area contributed by atoms with Crippen LogP contribution in [0.5, 0.6) is 0 Å². The van der Waals surface area contributed by atoms with E-state index >= 15 is 0 Å². The standard InChI is InChI=1S/C16H29NO4/c1-10(2)13(9-20-14(18)11(3)4)21-15(19)17-16(7,8)12(5)6/h10,12-13H,3,9H2,1-2,4-8H3,(H,17,19). The molecular formula is C16H29NO4. The normalized spacial score (nSPS) is 13.0. The fourth-order valence-corrected chi connectivity index (χ4v) is 1.22. The van der Waals surface area contributed by atoms with E-state index in [9.17, 15) is 9.59 Å². The lowest BCUT2D eigenvalue weighted by molar-refractivity contribution is -0.142. The number of nitrogens with one attached hydrogen (secondary N) is 1. The second-order valence-electron chi connectivity index (χ2n) is 6.57. The largest absolute Gasteiger partial charge is 0.458 e. The van der Waals surface area contributed by atoms with Gasteiger partial charge in [0, 0.05) is 11.1 Å². The number of ether oxygens (including phenoxy) is 2. The van der Waals surface area contributed by atoms with Gasteiger partial charge in [-0.3, -0.25) is 0 Å². The Kier molecular flexibility index (Phi) is 7.47. The summed E-state index contributed by atoms with van der Waals surface area (Å²) in [6.07, 6.45) is -0.991. The summed E-state index contributed by atoms with van der Waals surface area (Å²) >= 11 is 0. The minimum Gasteiger partial charge on any atom is -0.458 e. The molecule has 0 aromatic carbocycles. The van der Waals surface area contributed by atoms with Crippen LogP contribution in [0.4, 0.5) is 4.79 Å². The first-order chi connectivity index (χ1) is 9.47. The number of hydrogen-bond donors (Lipinski definition) is 1. The molecule has 0 aliphatic rings. The molecule has 0 spiro atoms. The van der Waals surface area contributed by atoms with Crippen LogP contribution in [0.2, 0.25) is 0 Å². The van der Waals surface area contributed by atoms with Gasteiger partial charge in [-0.05, 0) is 32.6 Å². The van der Waals surface area contributed by atoms with E-state index in [0.29, 0.717) is 5.57 Å². The first-order valence-corrected chi connectivity index (χ1v) is 7.28. The van der Waals surface area contributed by atoms with E-state index in [-0.39, 0.29) is 24.0 Å². The summed E-state index contributed by atoms with van der Waals surface area (Å²) in [6, 6.07) is 0. The maximum atomic E-state index is 12.0. The quantitative estimate of drug-likeness (QED) is 0.578. The van der Waals surface area contributed by atoms with Crippen LogP contribution in [0.1, 0.15) is 48.5 Å². The van der Waals surface area contributed by atoms with Gasteiger partial charge < -0.3 is 14.8 Å². The number of amides is 1. The van der Waals surface area contributed by atoms with Crippen molar-refractivity contribution < 1.29 is 19.1 Å². The van der Waals surface area contributed by atoms with Crippen LogP contribution < -0.4 is 5.32 Å². The lowest BCUT2D eigenvalue weighted by Crippen LogP contribution is -2.49. The summed E-state index contributed by atoms with van der Waals surface area (Å²) in [7, 11) is 0. The van der Waals surface area contributed by atoms with E-state index in [0.717, 1.165) is 0 Å². The van der Waals surface area contributed by atoms with Crippen molar-refractivity contribution in [2.75, 3.05) is 6.61 Å². The Balaban J connectivity index is 4.54. The number of carbonyl (C=O) groups excluding carboxylic acids is 2. The molecule has 0 radical (unpaired) electrons. The molecule has 21 heavy (non-hydrogen) atoms. The molecule has 0 bridgehead atoms. The van der Waals surface area contributed by atoms with Crippen LogP contribution in [0, 0.1) is 11.8 Å². The summed E-state index contributed by atoms with van der Waals surface area (Å²) in [5, 5.41) is 2.83. The average molecular weight is 299 g/mol. The van der Waals surface area contributed by atoms with Gasteiger partial charge in [-0.25, -0.2) is 9.59 Å². The minimum absolute atomic E-state index is 0.0267. The van der Waals surface area contributed by atoms with Gasteiger partial charge in [-0.2, -0.15) is 0 Å². The molecule has 0 aromatic heterocycles. The molecule has 0 fully saturated rings. The fourth-order valence-electron chi connectivity index (χ4n) is 1.22. The molecule has 1 unspecified atom stereocenters. The van der Waals surface area contributed by atoms with Crippen molar-refractivity contribution in [1.82, 2.24) is 5.32 Å². The molecule has 0 saturated heterocycles. The Morgan fingerprint density at radius 2 is 1.71 bits per heavy atom. The van der Waals surface area contributed by atoms with Crippen molar-refractivity contribution >= 4 is 12.1 Å². The van der Waals surface area contributed by atoms with E-state index < -0.39 is 18.2 Å². The molecule has 0 saturated carbocycles. The van der Waals surface area contributed by atoms with Crippen molar-refractivity contribution in [1.29, 1.82) is 0 Å². The van der Waals surface area contributed by atoms with Crippen LogP contribution in [0.25, 0.3) is 0 Å². The molecule has 0 aromatic rings. The number of hydrogen-bond acceptors (Lipinski definition) is 4. The van der Waals surface area contributed by atoms with Gasteiger partial charge in [0.15, 0.2) is 0 Å². The molecule has 5 nitrogen and oxygen atoms in total. The van der Waals surface area contributed by atoms with Crippen LogP contribution in [-0.4, -0.2) is 30.3 Å². The van der Waals surface area contributed by atoms with Gasteiger partial charge in [0.25, 0.3) is 0 Å². The lowest BCUT2D eigenvalue weighted by atomic mass is 9.91. The minimum atomic E-state index is -0.501. The molecular weight excluding hydrogens is 270 g/mol. The Labute approximate surface area is 128 Å². The van der Waals surface area contributed by atoms with E-state index in [1.165, 1.54) is 0 Å². The second kappa shape index (κ2) is 8.05. The summed E-state index contributed by atoms with van der Waals surface area (Å²) in [4.78, 5) is 23.4. The van der Waals surface area contributed by atoms with E-state index in [1.807, 2.05) is 41.5 Å². The zero-order valence-electron chi connectivity index (χ0n) is 14.3. The first kappa shape index (κ1) is 19.5. The molecule has 122 valence electrons. The van der Waals surface area contributed by atoms with Crippen LogP contribution in [-0.2, 0) is 14.3 Å². The summed E-state index contributed by atoms with van der Waals surface area (Å²) < 4.78 is 10.4. The maximum absolute atomic E-state index is 12.0. The number of esters is 1. The van der Waals surface area contributed by atoms with E-state index in [2.05, 4.69) is 11.9 Å². The highest BCUT2D eigenvalue weighted by molar-refractivity contribution is 5.86. The Morgan fingerprint density at radius 1 is 1.19 bits per heavy atom. The van der Waals surface area contributed by atoms with E-state index in [4.69, 9.17) is 9.47 Å². The molecule has 1 N–H and O–H groups in total. The van der Waals surface area contributed by atoms with Gasteiger partial charge in [-0.1, -0.05) is 34.3 Å². The molecule has 0 rings (SSSR count). The van der Waals surface area contributed by atoms with Crippen LogP contribution >= 0.6 is 0 Å². The SMILES string of the molecule is C=C(C)C(=O)OCC(OC(=O)NC(C)(C)C(C)C)C(C)C. The molecule has 0 aliphatic carbocycles. The fraction of sp³-hybridized carbons (Fsp3) is 0.750. The summed E-state index contributed by atoms with van der Waals surface area (Å²) in [5.41, 5.74) is -0.0459. The van der Waals surface area contributed by atoms with Gasteiger partial charge in [0.2, 0.25) is 0 Å². The van der Waals surface area contributed by atoms with Gasteiger partial charge in [0.05, 0.1) is 0 Å². The lowest BCUT2D eigenvalue weighted by Gasteiger charge is -2.31. The molecule has 1 amide bonds. The predicted molar refractivity (Wildman–Crippen MR) is 82.9 cm³/mol. The zero-order valence-corrected chi connectivity index (χ0v) is 14.3. The average Bonchev–Trinajstić information content (AvgIpc) is 2.32. The third kappa shape index (κ3) is 7.16. The maximum Gasteiger partial charge on any atom is 0.407 e. The molecule has 1 atom stereocenters. The number of rotatable bonds is 7. The Morgan fingerprint density at radius 3 is 2.10 bits per heavy atom. The van der Waals surface area contributed by atoms with Crippen molar-refractivity contribution in [2.24, 2.45) is 11.8 Å². The van der Waals surface area contributed by atoms with Crippen molar-refractivity contribution in [3.63, 3.8) is 0 Å². The van der Waals surface area contributed by atoms with Crippen molar-refractivity contribution in [3.05, 3.63) is 12.2 Å². The highest BCUT2D eigenvalue weighted by atomic mass is 16.6. The topological polar surface area (TPSA) is 64.6 Å². The Bertz CT molecular complexity index is 386. The number of alkyl carbamates (subject to hydrolysis) is 1. The molecule has 0 aliphatic heterocycles. The summed E-state index contributed by atoms with van der Waals surface area (Å²) in [6.45, 7) is 16.8. The third-order valence-electron chi connectivity index (χ3n) is 3.60. The zero-order chi connectivity index (χ0) is 16.8. The predicted octanol–water partition coefficient (Wildman–Crippen LogP) is 3.29. The molecule has 5 heteroatoms. The van der Waals surface area contributed by atoms with Gasteiger partial charge >= 0.3 is 12.1 Å². The van der Waals surface area contributed by atoms with Gasteiger partial charge in [0.1, 0.15) is 12.7 Å². The number of carbonyl (C=O) groups is 2. The van der Waals surface area contributed by atoms with Gasteiger partial charge in [-0.15, -0.1) is 0 Å². The van der Waals surface area contributed by atoms with Crippen LogP contribution in [0.15, 0.2) is 12.2 Å². The highest BCUT2D eigenvalue weighted by Gasteiger charge is 2.27. The van der Waals surface area contributed by atoms with Crippen molar-refractivity contribution in [3.8, 4) is 0 Å². The van der Waals surface area contributed by atoms with E-state index in [1.54, 1.807) is 6.92 Å². The second-order valence-corrected chi connectivity index (χ2v) is 6.57. The smallest absolute Gasteiger partial charge is 0.407 e. The first-order valence-electron chi connectivity index (χ1n) is 7.28. The van der Waals surface area contributed by atoms with Crippen molar-refractivity contribution in [2.45, 2.75) is 60.1 Å². The molecule has 0 heterocycles. The van der Waals surface area contributed by atoms with Crippen LogP contribution in [0.3, 0.4) is 0 Å². The summed E-state index contributed by atoms with van der Waals surface area (Å²) in [5.74, 6) is -0.174. The third-order valence-corrected chi connectivity index (χ3v) is 3.60. The Hall–Kier alpha value is -1.52. The monoisotopic (exact) mass is 299 g/mol. The highest BCUT2D eigenvalue weighted by Crippen LogP contribution is 2.16.